The number of amides is 1. The minimum Gasteiger partial charge on any atom is -0.436 e. The van der Waals surface area contributed by atoms with Crippen LogP contribution in [-0.2, 0) is 0 Å². The largest absolute Gasteiger partial charge is 0.436 e. The zero-order valence-corrected chi connectivity index (χ0v) is 19.7. The highest BCUT2D eigenvalue weighted by Gasteiger charge is 2.14. The Kier molecular flexibility index (Phi) is 6.38. The number of hydrogen-bond donors (Lipinski definition) is 3. The van der Waals surface area contributed by atoms with E-state index >= 15 is 0 Å². The predicted octanol–water partition coefficient (Wildman–Crippen LogP) is 6.13. The fourth-order valence-electron chi connectivity index (χ4n) is 3.71. The summed E-state index contributed by atoms with van der Waals surface area (Å²) in [5, 5.41) is 16.5. The zero-order chi connectivity index (χ0) is 25.1. The number of carbonyl (C=O) groups is 1. The molecule has 1 aromatic heterocycles. The van der Waals surface area contributed by atoms with Crippen molar-refractivity contribution < 1.29 is 14.1 Å². The van der Waals surface area contributed by atoms with Gasteiger partial charge in [-0.3, -0.25) is 14.9 Å². The molecular weight excluding hydrogens is 476 g/mol. The third-order valence-electron chi connectivity index (χ3n) is 5.54. The first-order chi connectivity index (χ1) is 17.5. The average molecular weight is 497 g/mol. The Hall–Kier alpha value is -4.63. The van der Waals surface area contributed by atoms with Gasteiger partial charge >= 0.3 is 0 Å². The number of nitro benzene ring substituents is 1. The number of non-ortho nitro benzene ring substituents is 1. The highest BCUT2D eigenvalue weighted by atomic mass is 32.1. The average Bonchev–Trinajstić information content (AvgIpc) is 3.33. The number of benzene rings is 4. The van der Waals surface area contributed by atoms with E-state index < -0.39 is 16.3 Å². The van der Waals surface area contributed by atoms with Gasteiger partial charge in [0.25, 0.3) is 11.6 Å². The van der Waals surface area contributed by atoms with Gasteiger partial charge in [0, 0.05) is 28.9 Å². The van der Waals surface area contributed by atoms with Gasteiger partial charge in [0.15, 0.2) is 5.58 Å². The van der Waals surface area contributed by atoms with Gasteiger partial charge in [0.2, 0.25) is 5.89 Å². The van der Waals surface area contributed by atoms with E-state index in [-0.39, 0.29) is 11.3 Å². The molecule has 1 atom stereocenters. The molecule has 1 heterocycles. The van der Waals surface area contributed by atoms with Crippen LogP contribution >= 0.6 is 12.6 Å². The number of thiol groups is 1. The van der Waals surface area contributed by atoms with Gasteiger partial charge in [-0.15, -0.1) is 12.6 Å². The van der Waals surface area contributed by atoms with Crippen molar-refractivity contribution in [3.8, 4) is 22.6 Å². The van der Waals surface area contributed by atoms with Crippen molar-refractivity contribution >= 4 is 41.0 Å². The Labute approximate surface area is 211 Å². The first-order valence-corrected chi connectivity index (χ1v) is 11.5. The summed E-state index contributed by atoms with van der Waals surface area (Å²) < 4.78 is 5.93. The molecular formula is C27H20N4O4S. The van der Waals surface area contributed by atoms with E-state index in [1.165, 1.54) is 24.3 Å². The molecule has 0 fully saturated rings. The fraction of sp³-hybridized carbons (Fsp3) is 0.0370. The van der Waals surface area contributed by atoms with Gasteiger partial charge in [0.1, 0.15) is 11.0 Å². The van der Waals surface area contributed by atoms with Crippen LogP contribution in [0.3, 0.4) is 0 Å². The van der Waals surface area contributed by atoms with Crippen LogP contribution in [0.5, 0.6) is 0 Å². The Balaban J connectivity index is 1.26. The maximum absolute atomic E-state index is 12.4. The zero-order valence-electron chi connectivity index (χ0n) is 18.8. The van der Waals surface area contributed by atoms with Crippen LogP contribution in [0.2, 0.25) is 0 Å². The minimum atomic E-state index is -0.706. The summed E-state index contributed by atoms with van der Waals surface area (Å²) in [7, 11) is 0. The van der Waals surface area contributed by atoms with E-state index in [0.29, 0.717) is 22.7 Å². The van der Waals surface area contributed by atoms with Crippen LogP contribution in [0.1, 0.15) is 10.4 Å². The van der Waals surface area contributed by atoms with Crippen molar-refractivity contribution in [3.63, 3.8) is 0 Å². The summed E-state index contributed by atoms with van der Waals surface area (Å²) in [6.07, 6.45) is 0. The molecule has 4 aromatic carbocycles. The van der Waals surface area contributed by atoms with Gasteiger partial charge in [-0.25, -0.2) is 4.98 Å². The van der Waals surface area contributed by atoms with Crippen LogP contribution in [0.25, 0.3) is 33.7 Å². The van der Waals surface area contributed by atoms with Crippen molar-refractivity contribution in [3.05, 3.63) is 113 Å². The van der Waals surface area contributed by atoms with Gasteiger partial charge in [-0.05, 0) is 53.6 Å². The number of rotatable bonds is 7. The van der Waals surface area contributed by atoms with Gasteiger partial charge in [-0.1, -0.05) is 42.5 Å². The summed E-state index contributed by atoms with van der Waals surface area (Å²) in [5.74, 6) is 0.0943. The second-order valence-corrected chi connectivity index (χ2v) is 8.49. The number of oxazole rings is 1. The second-order valence-electron chi connectivity index (χ2n) is 7.97. The molecule has 178 valence electrons. The molecule has 5 aromatic rings. The van der Waals surface area contributed by atoms with Crippen molar-refractivity contribution in [2.45, 2.75) is 5.50 Å². The number of nitrogens with zero attached hydrogens (tertiary/aromatic N) is 2. The molecule has 1 unspecified atom stereocenters. The summed E-state index contributed by atoms with van der Waals surface area (Å²) in [4.78, 5) is 27.3. The van der Waals surface area contributed by atoms with Crippen LogP contribution in [0.4, 0.5) is 11.4 Å². The quantitative estimate of drug-likeness (QED) is 0.108. The van der Waals surface area contributed by atoms with Gasteiger partial charge in [-0.2, -0.15) is 0 Å². The summed E-state index contributed by atoms with van der Waals surface area (Å²) in [5.41, 5.74) is 4.58. The molecule has 0 saturated carbocycles. The maximum Gasteiger partial charge on any atom is 0.269 e. The van der Waals surface area contributed by atoms with Crippen molar-refractivity contribution in [1.82, 2.24) is 10.3 Å². The number of nitrogens with one attached hydrogen (secondary N) is 2. The molecule has 0 bridgehead atoms. The third kappa shape index (κ3) is 5.06. The van der Waals surface area contributed by atoms with Gasteiger partial charge in [0.05, 0.1) is 4.92 Å². The van der Waals surface area contributed by atoms with Crippen LogP contribution in [0.15, 0.2) is 101 Å². The lowest BCUT2D eigenvalue weighted by molar-refractivity contribution is -0.384. The van der Waals surface area contributed by atoms with Crippen molar-refractivity contribution in [2.24, 2.45) is 0 Å². The smallest absolute Gasteiger partial charge is 0.269 e. The lowest BCUT2D eigenvalue weighted by Crippen LogP contribution is -2.36. The molecule has 0 radical (unpaired) electrons. The molecule has 5 rings (SSSR count). The molecule has 0 spiro atoms. The highest BCUT2D eigenvalue weighted by molar-refractivity contribution is 7.81. The Morgan fingerprint density at radius 3 is 2.25 bits per heavy atom. The van der Waals surface area contributed by atoms with E-state index in [4.69, 9.17) is 4.42 Å². The van der Waals surface area contributed by atoms with E-state index in [2.05, 4.69) is 40.4 Å². The second kappa shape index (κ2) is 9.93. The first kappa shape index (κ1) is 23.1. The molecule has 0 aliphatic rings. The number of hydrogen-bond acceptors (Lipinski definition) is 7. The predicted molar refractivity (Wildman–Crippen MR) is 142 cm³/mol. The van der Waals surface area contributed by atoms with Crippen LogP contribution < -0.4 is 10.6 Å². The summed E-state index contributed by atoms with van der Waals surface area (Å²) in [6, 6.07) is 28.9. The molecule has 0 aliphatic carbocycles. The molecule has 8 nitrogen and oxygen atoms in total. The molecule has 9 heteroatoms. The standard InChI is InChI=1S/C27H20N4O4S/c32-25(19-10-13-22(14-11-19)31(33)34)30-27(36)28-21-12-15-24-23(16-21)29-26(35-24)20-8-6-18(7-9-20)17-4-2-1-3-5-17/h1-16,27-28,36H,(H,30,32). The fourth-order valence-corrected chi connectivity index (χ4v) is 3.98. The Bertz CT molecular complexity index is 1530. The Morgan fingerprint density at radius 2 is 1.56 bits per heavy atom. The Morgan fingerprint density at radius 1 is 0.889 bits per heavy atom. The monoisotopic (exact) mass is 496 g/mol. The number of anilines is 1. The minimum absolute atomic E-state index is 0.0838. The number of aromatic nitrogens is 1. The third-order valence-corrected chi connectivity index (χ3v) is 5.80. The molecule has 1 amide bonds. The molecule has 0 saturated heterocycles. The molecule has 0 aliphatic heterocycles. The number of carbonyl (C=O) groups excluding carboxylic acids is 1. The maximum atomic E-state index is 12.4. The first-order valence-electron chi connectivity index (χ1n) is 11.0. The van der Waals surface area contributed by atoms with Crippen LogP contribution in [0, 0.1) is 10.1 Å². The highest BCUT2D eigenvalue weighted by Crippen LogP contribution is 2.28. The molecule has 36 heavy (non-hydrogen) atoms. The normalized spacial score (nSPS) is 11.7. The number of fused-ring (bicyclic) bond motifs is 1. The van der Waals surface area contributed by atoms with E-state index in [1.54, 1.807) is 12.1 Å². The van der Waals surface area contributed by atoms with Gasteiger partial charge < -0.3 is 15.1 Å². The lowest BCUT2D eigenvalue weighted by Gasteiger charge is -2.16. The molecule has 2 N–H and O–H groups in total. The van der Waals surface area contributed by atoms with Crippen LogP contribution in [-0.4, -0.2) is 21.3 Å². The van der Waals surface area contributed by atoms with E-state index in [0.717, 1.165) is 16.7 Å². The van der Waals surface area contributed by atoms with Crippen molar-refractivity contribution in [2.75, 3.05) is 5.32 Å². The van der Waals surface area contributed by atoms with Crippen molar-refractivity contribution in [1.29, 1.82) is 0 Å². The topological polar surface area (TPSA) is 110 Å². The summed E-state index contributed by atoms with van der Waals surface area (Å²) in [6.45, 7) is 0. The van der Waals surface area contributed by atoms with E-state index in [9.17, 15) is 14.9 Å². The number of nitro groups is 1. The SMILES string of the molecule is O=C(NC(S)Nc1ccc2oc(-c3ccc(-c4ccccc4)cc3)nc2c1)c1ccc([N+](=O)[O-])cc1. The lowest BCUT2D eigenvalue weighted by atomic mass is 10.0. The summed E-state index contributed by atoms with van der Waals surface area (Å²) >= 11 is 4.39. The van der Waals surface area contributed by atoms with E-state index in [1.807, 2.05) is 48.5 Å².